The molecule has 1 aliphatic carbocycles. The Morgan fingerprint density at radius 1 is 1.47 bits per heavy atom. The van der Waals surface area contributed by atoms with Crippen molar-refractivity contribution in [2.75, 3.05) is 0 Å². The molecular weight excluding hydrogens is 184 g/mol. The first kappa shape index (κ1) is 12.5. The van der Waals surface area contributed by atoms with Crippen molar-refractivity contribution in [1.82, 2.24) is 0 Å². The summed E-state index contributed by atoms with van der Waals surface area (Å²) in [7, 11) is 0. The lowest BCUT2D eigenvalue weighted by Crippen LogP contribution is -2.30. The molecule has 0 N–H and O–H groups in total. The van der Waals surface area contributed by atoms with E-state index in [9.17, 15) is 4.79 Å². The fourth-order valence-corrected chi connectivity index (χ4v) is 2.60. The standard InChI is InChI=1S/C14H24O/c1-5-6-7-8-12-13(15)9-10-14(12,4)11(2)3/h6-7,11-12H,5,8-10H2,1-4H3/b7-6-. The van der Waals surface area contributed by atoms with E-state index in [0.717, 1.165) is 25.7 Å². The van der Waals surface area contributed by atoms with E-state index < -0.39 is 0 Å². The number of ketones is 1. The van der Waals surface area contributed by atoms with Gasteiger partial charge in [0.15, 0.2) is 0 Å². The van der Waals surface area contributed by atoms with Gasteiger partial charge in [-0.25, -0.2) is 0 Å². The number of allylic oxidation sites excluding steroid dienone is 2. The lowest BCUT2D eigenvalue weighted by molar-refractivity contribution is -0.122. The second kappa shape index (κ2) is 4.96. The predicted octanol–water partition coefficient (Wildman–Crippen LogP) is 3.98. The van der Waals surface area contributed by atoms with Crippen LogP contribution in [0.15, 0.2) is 12.2 Å². The minimum absolute atomic E-state index is 0.231. The van der Waals surface area contributed by atoms with Crippen molar-refractivity contribution in [2.45, 2.75) is 53.4 Å². The van der Waals surface area contributed by atoms with Crippen molar-refractivity contribution in [3.63, 3.8) is 0 Å². The Balaban J connectivity index is 2.73. The summed E-state index contributed by atoms with van der Waals surface area (Å²) < 4.78 is 0. The SMILES string of the molecule is CC/C=C\CC1C(=O)CCC1(C)C(C)C. The smallest absolute Gasteiger partial charge is 0.136 e. The molecule has 2 unspecified atom stereocenters. The molecule has 0 aliphatic heterocycles. The number of carbonyl (C=O) groups excluding carboxylic acids is 1. The van der Waals surface area contributed by atoms with Gasteiger partial charge in [0.05, 0.1) is 0 Å². The van der Waals surface area contributed by atoms with E-state index >= 15 is 0 Å². The minimum atomic E-state index is 0.231. The largest absolute Gasteiger partial charge is 0.299 e. The van der Waals surface area contributed by atoms with Crippen LogP contribution in [0.3, 0.4) is 0 Å². The zero-order chi connectivity index (χ0) is 11.5. The maximum Gasteiger partial charge on any atom is 0.136 e. The van der Waals surface area contributed by atoms with Crippen LogP contribution in [0, 0.1) is 17.3 Å². The molecule has 0 bridgehead atoms. The summed E-state index contributed by atoms with van der Waals surface area (Å²) in [5.41, 5.74) is 0.231. The summed E-state index contributed by atoms with van der Waals surface area (Å²) in [5.74, 6) is 1.34. The molecule has 1 saturated carbocycles. The van der Waals surface area contributed by atoms with Crippen molar-refractivity contribution in [3.8, 4) is 0 Å². The van der Waals surface area contributed by atoms with E-state index in [4.69, 9.17) is 0 Å². The third-order valence-electron chi connectivity index (χ3n) is 4.19. The summed E-state index contributed by atoms with van der Waals surface area (Å²) >= 11 is 0. The molecule has 0 aromatic heterocycles. The van der Waals surface area contributed by atoms with Crippen LogP contribution in [0.25, 0.3) is 0 Å². The van der Waals surface area contributed by atoms with Crippen molar-refractivity contribution in [2.24, 2.45) is 17.3 Å². The van der Waals surface area contributed by atoms with E-state index in [1.54, 1.807) is 0 Å². The van der Waals surface area contributed by atoms with Gasteiger partial charge in [0.2, 0.25) is 0 Å². The van der Waals surface area contributed by atoms with Crippen LogP contribution in [0.1, 0.15) is 53.4 Å². The van der Waals surface area contributed by atoms with Crippen LogP contribution in [0.2, 0.25) is 0 Å². The second-order valence-corrected chi connectivity index (χ2v) is 5.29. The Labute approximate surface area is 93.9 Å². The average molecular weight is 208 g/mol. The van der Waals surface area contributed by atoms with Crippen LogP contribution < -0.4 is 0 Å². The third kappa shape index (κ3) is 2.50. The van der Waals surface area contributed by atoms with Crippen LogP contribution in [-0.4, -0.2) is 5.78 Å². The molecule has 0 aromatic carbocycles. The molecule has 1 heteroatoms. The molecule has 1 rings (SSSR count). The van der Waals surface area contributed by atoms with Gasteiger partial charge in [-0.2, -0.15) is 0 Å². The zero-order valence-electron chi connectivity index (χ0n) is 10.5. The van der Waals surface area contributed by atoms with Crippen molar-refractivity contribution >= 4 is 5.78 Å². The van der Waals surface area contributed by atoms with Crippen molar-refractivity contribution < 1.29 is 4.79 Å². The molecule has 1 aliphatic rings. The Kier molecular flexibility index (Phi) is 4.12. The Morgan fingerprint density at radius 3 is 2.67 bits per heavy atom. The van der Waals surface area contributed by atoms with E-state index in [1.165, 1.54) is 0 Å². The molecule has 0 saturated heterocycles. The molecule has 0 aromatic rings. The lowest BCUT2D eigenvalue weighted by Gasteiger charge is -2.34. The molecule has 0 radical (unpaired) electrons. The molecule has 0 heterocycles. The number of hydrogen-bond donors (Lipinski definition) is 0. The summed E-state index contributed by atoms with van der Waals surface area (Å²) in [5, 5.41) is 0. The van der Waals surface area contributed by atoms with Gasteiger partial charge < -0.3 is 0 Å². The van der Waals surface area contributed by atoms with Gasteiger partial charge in [0.25, 0.3) is 0 Å². The normalized spacial score (nSPS) is 32.1. The summed E-state index contributed by atoms with van der Waals surface area (Å²) in [6, 6.07) is 0. The molecular formula is C14H24O. The van der Waals surface area contributed by atoms with E-state index in [-0.39, 0.29) is 11.3 Å². The van der Waals surface area contributed by atoms with Gasteiger partial charge >= 0.3 is 0 Å². The molecule has 0 amide bonds. The monoisotopic (exact) mass is 208 g/mol. The topological polar surface area (TPSA) is 17.1 Å². The molecule has 2 atom stereocenters. The Hall–Kier alpha value is -0.590. The first-order chi connectivity index (χ1) is 7.02. The fraction of sp³-hybridized carbons (Fsp3) is 0.786. The number of rotatable bonds is 4. The quantitative estimate of drug-likeness (QED) is 0.639. The molecule has 15 heavy (non-hydrogen) atoms. The van der Waals surface area contributed by atoms with Crippen molar-refractivity contribution in [3.05, 3.63) is 12.2 Å². The highest BCUT2D eigenvalue weighted by Gasteiger charge is 2.45. The molecule has 1 nitrogen and oxygen atoms in total. The number of hydrogen-bond acceptors (Lipinski definition) is 1. The third-order valence-corrected chi connectivity index (χ3v) is 4.19. The zero-order valence-corrected chi connectivity index (χ0v) is 10.5. The van der Waals surface area contributed by atoms with E-state index in [2.05, 4.69) is 39.8 Å². The Morgan fingerprint density at radius 2 is 2.13 bits per heavy atom. The summed E-state index contributed by atoms with van der Waals surface area (Å²) in [6.45, 7) is 8.91. The predicted molar refractivity (Wildman–Crippen MR) is 64.7 cm³/mol. The number of carbonyl (C=O) groups is 1. The fourth-order valence-electron chi connectivity index (χ4n) is 2.60. The minimum Gasteiger partial charge on any atom is -0.299 e. The summed E-state index contributed by atoms with van der Waals surface area (Å²) in [6.07, 6.45) is 8.25. The second-order valence-electron chi connectivity index (χ2n) is 5.29. The maximum atomic E-state index is 11.9. The van der Waals surface area contributed by atoms with Gasteiger partial charge in [-0.3, -0.25) is 4.79 Å². The van der Waals surface area contributed by atoms with Crippen LogP contribution >= 0.6 is 0 Å². The molecule has 0 spiro atoms. The average Bonchev–Trinajstić information content (AvgIpc) is 2.47. The first-order valence-corrected chi connectivity index (χ1v) is 6.20. The van der Waals surface area contributed by atoms with Crippen LogP contribution in [0.4, 0.5) is 0 Å². The van der Waals surface area contributed by atoms with Gasteiger partial charge in [0.1, 0.15) is 5.78 Å². The lowest BCUT2D eigenvalue weighted by atomic mass is 9.70. The number of Topliss-reactive ketones (excluding diaryl/α,β-unsaturated/α-hetero) is 1. The molecule has 1 fully saturated rings. The summed E-state index contributed by atoms with van der Waals surface area (Å²) in [4.78, 5) is 11.9. The first-order valence-electron chi connectivity index (χ1n) is 6.20. The highest BCUT2D eigenvalue weighted by molar-refractivity contribution is 5.84. The van der Waals surface area contributed by atoms with Gasteiger partial charge in [-0.15, -0.1) is 0 Å². The highest BCUT2D eigenvalue weighted by Crippen LogP contribution is 2.48. The van der Waals surface area contributed by atoms with Crippen molar-refractivity contribution in [1.29, 1.82) is 0 Å². The van der Waals surface area contributed by atoms with Gasteiger partial charge in [-0.1, -0.05) is 39.8 Å². The molecule has 86 valence electrons. The van der Waals surface area contributed by atoms with Crippen LogP contribution in [0.5, 0.6) is 0 Å². The Bertz CT molecular complexity index is 252. The van der Waals surface area contributed by atoms with E-state index in [0.29, 0.717) is 11.7 Å². The maximum absolute atomic E-state index is 11.9. The van der Waals surface area contributed by atoms with Gasteiger partial charge in [-0.05, 0) is 30.6 Å². The van der Waals surface area contributed by atoms with E-state index in [1.807, 2.05) is 0 Å². The highest BCUT2D eigenvalue weighted by atomic mass is 16.1. The van der Waals surface area contributed by atoms with Gasteiger partial charge in [0, 0.05) is 12.3 Å². The van der Waals surface area contributed by atoms with Crippen LogP contribution in [-0.2, 0) is 4.79 Å².